The quantitative estimate of drug-likeness (QED) is 0.603. The van der Waals surface area contributed by atoms with Gasteiger partial charge >= 0.3 is 0 Å². The number of amides is 1. The van der Waals surface area contributed by atoms with Crippen LogP contribution >= 0.6 is 11.3 Å². The van der Waals surface area contributed by atoms with E-state index in [0.29, 0.717) is 17.3 Å². The molecule has 0 bridgehead atoms. The third-order valence-electron chi connectivity index (χ3n) is 4.44. The number of benzene rings is 1. The molecular formula is C21H24N4OS. The van der Waals surface area contributed by atoms with Crippen molar-refractivity contribution in [2.45, 2.75) is 32.1 Å². The lowest BCUT2D eigenvalue weighted by molar-refractivity contribution is 0.0954. The summed E-state index contributed by atoms with van der Waals surface area (Å²) in [6.45, 7) is 2.82. The Kier molecular flexibility index (Phi) is 6.54. The summed E-state index contributed by atoms with van der Waals surface area (Å²) in [6, 6.07) is 15.9. The molecule has 2 aromatic heterocycles. The van der Waals surface area contributed by atoms with E-state index >= 15 is 0 Å². The minimum Gasteiger partial charge on any atom is -0.368 e. The van der Waals surface area contributed by atoms with Crippen LogP contribution in [-0.4, -0.2) is 22.4 Å². The topological polar surface area (TPSA) is 80.9 Å². The maximum atomic E-state index is 12.6. The maximum absolute atomic E-state index is 12.6. The Labute approximate surface area is 163 Å². The second-order valence-electron chi connectivity index (χ2n) is 6.42. The van der Waals surface area contributed by atoms with Crippen molar-refractivity contribution in [3.63, 3.8) is 0 Å². The van der Waals surface area contributed by atoms with Crippen LogP contribution in [0.4, 0.5) is 5.95 Å². The Morgan fingerprint density at radius 3 is 2.74 bits per heavy atom. The van der Waals surface area contributed by atoms with E-state index in [4.69, 9.17) is 5.73 Å². The number of thiophene rings is 1. The second-order valence-corrected chi connectivity index (χ2v) is 7.51. The first-order valence-electron chi connectivity index (χ1n) is 9.19. The highest BCUT2D eigenvalue weighted by Gasteiger charge is 2.15. The SMILES string of the molecule is CCCCC(CNC(=O)c1ccc(-c2ccnc(N)n2)s1)c1ccccc1. The molecule has 3 rings (SSSR count). The maximum Gasteiger partial charge on any atom is 0.261 e. The van der Waals surface area contributed by atoms with E-state index in [1.165, 1.54) is 16.9 Å². The molecule has 0 aliphatic heterocycles. The lowest BCUT2D eigenvalue weighted by atomic mass is 9.93. The minimum absolute atomic E-state index is 0.0503. The highest BCUT2D eigenvalue weighted by molar-refractivity contribution is 7.17. The number of nitrogens with one attached hydrogen (secondary N) is 1. The molecule has 0 saturated carbocycles. The van der Waals surface area contributed by atoms with Crippen LogP contribution in [0, 0.1) is 0 Å². The van der Waals surface area contributed by atoms with E-state index in [0.717, 1.165) is 29.8 Å². The van der Waals surface area contributed by atoms with Gasteiger partial charge in [0.15, 0.2) is 0 Å². The van der Waals surface area contributed by atoms with Gasteiger partial charge < -0.3 is 11.1 Å². The van der Waals surface area contributed by atoms with Crippen molar-refractivity contribution >= 4 is 23.2 Å². The average Bonchev–Trinajstić information content (AvgIpc) is 3.19. The van der Waals surface area contributed by atoms with Crippen LogP contribution in [0.2, 0.25) is 0 Å². The summed E-state index contributed by atoms with van der Waals surface area (Å²) in [5.74, 6) is 0.510. The summed E-state index contributed by atoms with van der Waals surface area (Å²) >= 11 is 1.41. The monoisotopic (exact) mass is 380 g/mol. The number of hydrogen-bond acceptors (Lipinski definition) is 5. The number of nitrogens with two attached hydrogens (primary N) is 1. The number of carbonyl (C=O) groups is 1. The summed E-state index contributed by atoms with van der Waals surface area (Å²) in [5.41, 5.74) is 7.65. The Morgan fingerprint density at radius 1 is 1.19 bits per heavy atom. The van der Waals surface area contributed by atoms with Crippen LogP contribution in [0.25, 0.3) is 10.6 Å². The summed E-state index contributed by atoms with van der Waals surface area (Å²) < 4.78 is 0. The number of unbranched alkanes of at least 4 members (excludes halogenated alkanes) is 1. The third kappa shape index (κ3) is 5.14. The molecule has 27 heavy (non-hydrogen) atoms. The van der Waals surface area contributed by atoms with Crippen molar-refractivity contribution in [1.29, 1.82) is 0 Å². The van der Waals surface area contributed by atoms with Crippen LogP contribution in [0.3, 0.4) is 0 Å². The number of rotatable bonds is 8. The van der Waals surface area contributed by atoms with Crippen LogP contribution < -0.4 is 11.1 Å². The van der Waals surface area contributed by atoms with Crippen LogP contribution in [0.1, 0.15) is 47.3 Å². The van der Waals surface area contributed by atoms with Gasteiger partial charge in [-0.2, -0.15) is 0 Å². The molecule has 3 aromatic rings. The molecule has 6 heteroatoms. The molecule has 1 atom stereocenters. The molecule has 0 saturated heterocycles. The smallest absolute Gasteiger partial charge is 0.261 e. The van der Waals surface area contributed by atoms with E-state index in [1.807, 2.05) is 18.2 Å². The first-order valence-corrected chi connectivity index (χ1v) is 10.0. The molecule has 1 aromatic carbocycles. The Bertz CT molecular complexity index is 879. The predicted octanol–water partition coefficient (Wildman–Crippen LogP) is 4.49. The number of anilines is 1. The fourth-order valence-electron chi connectivity index (χ4n) is 2.97. The molecule has 0 aliphatic carbocycles. The van der Waals surface area contributed by atoms with Gasteiger partial charge in [0.2, 0.25) is 5.95 Å². The predicted molar refractivity (Wildman–Crippen MR) is 111 cm³/mol. The first-order chi connectivity index (χ1) is 13.2. The van der Waals surface area contributed by atoms with Gasteiger partial charge in [-0.05, 0) is 30.2 Å². The van der Waals surface area contributed by atoms with E-state index in [1.54, 1.807) is 12.3 Å². The number of aromatic nitrogens is 2. The summed E-state index contributed by atoms with van der Waals surface area (Å²) in [4.78, 5) is 22.3. The molecule has 0 spiro atoms. The summed E-state index contributed by atoms with van der Waals surface area (Å²) in [6.07, 6.45) is 4.98. The molecule has 1 unspecified atom stereocenters. The highest BCUT2D eigenvalue weighted by Crippen LogP contribution is 2.27. The van der Waals surface area contributed by atoms with Crippen LogP contribution in [0.5, 0.6) is 0 Å². The fourth-order valence-corrected chi connectivity index (χ4v) is 3.87. The first kappa shape index (κ1) is 19.0. The zero-order valence-electron chi connectivity index (χ0n) is 15.4. The van der Waals surface area contributed by atoms with E-state index in [2.05, 4.69) is 46.5 Å². The standard InChI is InChI=1S/C21H24N4OS/c1-2-3-7-16(15-8-5-4-6-9-15)14-24-20(26)19-11-10-18(27-19)17-12-13-23-21(22)25-17/h4-6,8-13,16H,2-3,7,14H2,1H3,(H,24,26)(H2,22,23,25). The molecule has 0 aliphatic rings. The number of nitrogens with zero attached hydrogens (tertiary/aromatic N) is 2. The fraction of sp³-hybridized carbons (Fsp3) is 0.286. The van der Waals surface area contributed by atoms with Gasteiger partial charge in [0, 0.05) is 18.7 Å². The van der Waals surface area contributed by atoms with Gasteiger partial charge in [-0.3, -0.25) is 4.79 Å². The van der Waals surface area contributed by atoms with Crippen molar-refractivity contribution in [3.8, 4) is 10.6 Å². The summed E-state index contributed by atoms with van der Waals surface area (Å²) in [5, 5.41) is 3.10. The zero-order valence-corrected chi connectivity index (χ0v) is 16.2. The van der Waals surface area contributed by atoms with E-state index in [-0.39, 0.29) is 11.9 Å². The average molecular weight is 381 g/mol. The van der Waals surface area contributed by atoms with Gasteiger partial charge in [-0.1, -0.05) is 50.1 Å². The Hall–Kier alpha value is -2.73. The van der Waals surface area contributed by atoms with Crippen molar-refractivity contribution in [2.75, 3.05) is 12.3 Å². The van der Waals surface area contributed by atoms with Crippen LogP contribution in [-0.2, 0) is 0 Å². The zero-order chi connectivity index (χ0) is 19.1. The highest BCUT2D eigenvalue weighted by atomic mass is 32.1. The molecule has 1 amide bonds. The number of carbonyl (C=O) groups excluding carboxylic acids is 1. The molecule has 2 heterocycles. The number of hydrogen-bond donors (Lipinski definition) is 2. The second kappa shape index (κ2) is 9.28. The molecule has 0 fully saturated rings. The molecule has 140 valence electrons. The minimum atomic E-state index is -0.0503. The molecule has 0 radical (unpaired) electrons. The van der Waals surface area contributed by atoms with E-state index < -0.39 is 0 Å². The van der Waals surface area contributed by atoms with E-state index in [9.17, 15) is 4.79 Å². The van der Waals surface area contributed by atoms with Gasteiger partial charge in [0.25, 0.3) is 5.91 Å². The normalized spacial score (nSPS) is 11.9. The molecule has 3 N–H and O–H groups in total. The van der Waals surface area contributed by atoms with Crippen LogP contribution in [0.15, 0.2) is 54.7 Å². The van der Waals surface area contributed by atoms with Gasteiger partial charge in [0.05, 0.1) is 15.4 Å². The van der Waals surface area contributed by atoms with Crippen molar-refractivity contribution < 1.29 is 4.79 Å². The number of nitrogen functional groups attached to an aromatic ring is 1. The lowest BCUT2D eigenvalue weighted by Gasteiger charge is -2.17. The van der Waals surface area contributed by atoms with Crippen molar-refractivity contribution in [1.82, 2.24) is 15.3 Å². The Morgan fingerprint density at radius 2 is 2.00 bits per heavy atom. The largest absolute Gasteiger partial charge is 0.368 e. The lowest BCUT2D eigenvalue weighted by Crippen LogP contribution is -2.27. The van der Waals surface area contributed by atoms with Gasteiger partial charge in [-0.25, -0.2) is 9.97 Å². The van der Waals surface area contributed by atoms with Crippen molar-refractivity contribution in [2.24, 2.45) is 0 Å². The molecular weight excluding hydrogens is 356 g/mol. The summed E-state index contributed by atoms with van der Waals surface area (Å²) in [7, 11) is 0. The third-order valence-corrected chi connectivity index (χ3v) is 5.55. The Balaban J connectivity index is 1.66. The molecule has 5 nitrogen and oxygen atoms in total. The van der Waals surface area contributed by atoms with Gasteiger partial charge in [-0.15, -0.1) is 11.3 Å². The van der Waals surface area contributed by atoms with Crippen molar-refractivity contribution in [3.05, 3.63) is 65.2 Å². The van der Waals surface area contributed by atoms with Gasteiger partial charge in [0.1, 0.15) is 0 Å².